The summed E-state index contributed by atoms with van der Waals surface area (Å²) in [4.78, 5) is 28.9. The summed E-state index contributed by atoms with van der Waals surface area (Å²) in [6, 6.07) is 14.2. The maximum absolute atomic E-state index is 13.7. The molecule has 1 atom stereocenters. The lowest BCUT2D eigenvalue weighted by molar-refractivity contribution is -0.125. The summed E-state index contributed by atoms with van der Waals surface area (Å²) in [7, 11) is 0. The number of hydrogen-bond acceptors (Lipinski definition) is 3. The van der Waals surface area contributed by atoms with Crippen LogP contribution in [0.2, 0.25) is 0 Å². The fraction of sp³-hybridized carbons (Fsp3) is 0.360. The smallest absolute Gasteiger partial charge is 0.256 e. The van der Waals surface area contributed by atoms with E-state index >= 15 is 0 Å². The van der Waals surface area contributed by atoms with Gasteiger partial charge in [-0.05, 0) is 78.5 Å². The normalized spacial score (nSPS) is 14.5. The van der Waals surface area contributed by atoms with Crippen LogP contribution >= 0.6 is 22.6 Å². The van der Waals surface area contributed by atoms with E-state index in [2.05, 4.69) is 40.9 Å². The van der Waals surface area contributed by atoms with Crippen molar-refractivity contribution in [2.75, 3.05) is 12.3 Å². The van der Waals surface area contributed by atoms with Gasteiger partial charge in [-0.1, -0.05) is 49.8 Å². The molecule has 0 aromatic heterocycles. The van der Waals surface area contributed by atoms with Gasteiger partial charge < -0.3 is 16.0 Å². The van der Waals surface area contributed by atoms with Gasteiger partial charge in [0.05, 0.1) is 5.56 Å². The molecule has 2 aromatic carbocycles. The summed E-state index contributed by atoms with van der Waals surface area (Å²) in [5.74, 6) is -0.390. The molecular weight excluding hydrogens is 501 g/mol. The lowest BCUT2D eigenvalue weighted by atomic mass is 10.0. The molecule has 0 saturated heterocycles. The third kappa shape index (κ3) is 6.09. The molecular formula is C25H30IN3O2. The van der Waals surface area contributed by atoms with Gasteiger partial charge in [0.25, 0.3) is 11.8 Å². The summed E-state index contributed by atoms with van der Waals surface area (Å²) in [6.45, 7) is 2.55. The SMILES string of the molecule is CCCCN(C(=O)c1cc(I)ccc1N)[C@H](C(=O)NC1=CCCCC1)c1ccccc1. The van der Waals surface area contributed by atoms with Gasteiger partial charge in [-0.25, -0.2) is 0 Å². The van der Waals surface area contributed by atoms with Gasteiger partial charge in [-0.15, -0.1) is 0 Å². The lowest BCUT2D eigenvalue weighted by Gasteiger charge is -2.32. The zero-order valence-corrected chi connectivity index (χ0v) is 20.1. The maximum Gasteiger partial charge on any atom is 0.256 e. The van der Waals surface area contributed by atoms with Gasteiger partial charge in [0.1, 0.15) is 6.04 Å². The second kappa shape index (κ2) is 11.3. The molecule has 2 aromatic rings. The minimum absolute atomic E-state index is 0.173. The van der Waals surface area contributed by atoms with E-state index in [0.29, 0.717) is 17.8 Å². The van der Waals surface area contributed by atoms with Crippen LogP contribution in [0.3, 0.4) is 0 Å². The highest BCUT2D eigenvalue weighted by Gasteiger charge is 2.33. The first kappa shape index (κ1) is 23.3. The number of carbonyl (C=O) groups excluding carboxylic acids is 2. The number of unbranched alkanes of at least 4 members (excludes halogenated alkanes) is 1. The highest BCUT2D eigenvalue weighted by molar-refractivity contribution is 14.1. The van der Waals surface area contributed by atoms with E-state index < -0.39 is 6.04 Å². The van der Waals surface area contributed by atoms with E-state index in [0.717, 1.165) is 53.4 Å². The van der Waals surface area contributed by atoms with Gasteiger partial charge in [0.2, 0.25) is 0 Å². The molecule has 3 N–H and O–H groups in total. The van der Waals surface area contributed by atoms with E-state index in [1.807, 2.05) is 36.4 Å². The predicted molar refractivity (Wildman–Crippen MR) is 133 cm³/mol. The van der Waals surface area contributed by atoms with Crippen LogP contribution in [-0.2, 0) is 4.79 Å². The van der Waals surface area contributed by atoms with Crippen molar-refractivity contribution in [1.82, 2.24) is 10.2 Å². The molecule has 0 saturated carbocycles. The first-order valence-electron chi connectivity index (χ1n) is 10.9. The van der Waals surface area contributed by atoms with Crippen LogP contribution in [0, 0.1) is 3.57 Å². The van der Waals surface area contributed by atoms with E-state index in [4.69, 9.17) is 5.73 Å². The summed E-state index contributed by atoms with van der Waals surface area (Å²) < 4.78 is 0.929. The van der Waals surface area contributed by atoms with Crippen LogP contribution in [0.15, 0.2) is 60.3 Å². The summed E-state index contributed by atoms with van der Waals surface area (Å²) in [5.41, 5.74) is 8.77. The number of nitrogens with two attached hydrogens (primary N) is 1. The molecule has 0 heterocycles. The Labute approximate surface area is 198 Å². The number of rotatable bonds is 8. The molecule has 1 aliphatic carbocycles. The predicted octanol–water partition coefficient (Wildman–Crippen LogP) is 5.43. The number of allylic oxidation sites excluding steroid dienone is 2. The third-order valence-corrected chi connectivity index (χ3v) is 6.18. The number of anilines is 1. The lowest BCUT2D eigenvalue weighted by Crippen LogP contribution is -2.44. The average molecular weight is 531 g/mol. The number of hydrogen-bond donors (Lipinski definition) is 2. The zero-order valence-electron chi connectivity index (χ0n) is 17.9. The van der Waals surface area contributed by atoms with Gasteiger partial charge >= 0.3 is 0 Å². The van der Waals surface area contributed by atoms with Crippen molar-refractivity contribution in [3.63, 3.8) is 0 Å². The van der Waals surface area contributed by atoms with Gasteiger partial charge in [0, 0.05) is 21.5 Å². The van der Waals surface area contributed by atoms with Crippen molar-refractivity contribution in [3.05, 3.63) is 75.0 Å². The van der Waals surface area contributed by atoms with Crippen molar-refractivity contribution in [3.8, 4) is 0 Å². The molecule has 0 unspecified atom stereocenters. The van der Waals surface area contributed by atoms with Crippen LogP contribution in [0.5, 0.6) is 0 Å². The molecule has 0 radical (unpaired) electrons. The fourth-order valence-electron chi connectivity index (χ4n) is 3.83. The Balaban J connectivity index is 2.00. The number of nitrogen functional groups attached to an aromatic ring is 1. The Morgan fingerprint density at radius 1 is 1.16 bits per heavy atom. The van der Waals surface area contributed by atoms with Gasteiger partial charge in [-0.3, -0.25) is 9.59 Å². The largest absolute Gasteiger partial charge is 0.398 e. The molecule has 0 fully saturated rings. The molecule has 2 amide bonds. The van der Waals surface area contributed by atoms with Gasteiger partial charge in [0.15, 0.2) is 0 Å². The van der Waals surface area contributed by atoms with Crippen molar-refractivity contribution >= 4 is 40.1 Å². The number of carbonyl (C=O) groups is 2. The second-order valence-electron chi connectivity index (χ2n) is 7.86. The Morgan fingerprint density at radius 2 is 1.94 bits per heavy atom. The fourth-order valence-corrected chi connectivity index (χ4v) is 4.32. The number of nitrogens with one attached hydrogen (secondary N) is 1. The highest BCUT2D eigenvalue weighted by Crippen LogP contribution is 2.27. The van der Waals surface area contributed by atoms with E-state index in [-0.39, 0.29) is 11.8 Å². The monoisotopic (exact) mass is 531 g/mol. The van der Waals surface area contributed by atoms with Crippen LogP contribution in [0.25, 0.3) is 0 Å². The zero-order chi connectivity index (χ0) is 22.2. The Kier molecular flexibility index (Phi) is 8.51. The minimum atomic E-state index is -0.722. The van der Waals surface area contributed by atoms with Crippen molar-refractivity contribution in [1.29, 1.82) is 0 Å². The summed E-state index contributed by atoms with van der Waals surface area (Å²) >= 11 is 2.17. The minimum Gasteiger partial charge on any atom is -0.398 e. The van der Waals surface area contributed by atoms with Gasteiger partial charge in [-0.2, -0.15) is 0 Å². The van der Waals surface area contributed by atoms with Crippen molar-refractivity contribution < 1.29 is 9.59 Å². The van der Waals surface area contributed by atoms with Crippen LogP contribution in [0.1, 0.15) is 67.4 Å². The van der Waals surface area contributed by atoms with E-state index in [1.165, 1.54) is 0 Å². The molecule has 164 valence electrons. The third-order valence-electron chi connectivity index (χ3n) is 5.51. The van der Waals surface area contributed by atoms with E-state index in [9.17, 15) is 9.59 Å². The molecule has 5 nitrogen and oxygen atoms in total. The summed E-state index contributed by atoms with van der Waals surface area (Å²) in [6.07, 6.45) is 7.87. The quantitative estimate of drug-likeness (QED) is 0.353. The number of benzene rings is 2. The van der Waals surface area contributed by atoms with Crippen molar-refractivity contribution in [2.45, 2.75) is 51.5 Å². The first-order chi connectivity index (χ1) is 15.0. The molecule has 3 rings (SSSR count). The van der Waals surface area contributed by atoms with Crippen LogP contribution < -0.4 is 11.1 Å². The molecule has 31 heavy (non-hydrogen) atoms. The average Bonchev–Trinajstić information content (AvgIpc) is 2.79. The van der Waals surface area contributed by atoms with E-state index in [1.54, 1.807) is 17.0 Å². The Bertz CT molecular complexity index is 943. The molecule has 0 bridgehead atoms. The first-order valence-corrected chi connectivity index (χ1v) is 12.0. The second-order valence-corrected chi connectivity index (χ2v) is 9.11. The highest BCUT2D eigenvalue weighted by atomic mass is 127. The standard InChI is InChI=1S/C25H30IN3O2/c1-2-3-16-29(25(31)21-17-19(26)14-15-22(21)27)23(18-10-6-4-7-11-18)24(30)28-20-12-8-5-9-13-20/h4,6-7,10-12,14-15,17,23H,2-3,5,8-9,13,16,27H2,1H3,(H,28,30)/t23-/m0/s1. The van der Waals surface area contributed by atoms with Crippen LogP contribution in [0.4, 0.5) is 5.69 Å². The molecule has 6 heteroatoms. The topological polar surface area (TPSA) is 75.4 Å². The maximum atomic E-state index is 13.7. The molecule has 0 spiro atoms. The Morgan fingerprint density at radius 3 is 2.61 bits per heavy atom. The molecule has 1 aliphatic rings. The van der Waals surface area contributed by atoms with Crippen molar-refractivity contribution in [2.24, 2.45) is 0 Å². The number of amides is 2. The number of nitrogens with zero attached hydrogens (tertiary/aromatic N) is 1. The summed E-state index contributed by atoms with van der Waals surface area (Å²) in [5, 5.41) is 3.10. The Hall–Kier alpha value is -2.35. The van der Waals surface area contributed by atoms with Crippen LogP contribution in [-0.4, -0.2) is 23.3 Å². The number of halogens is 1. The molecule has 0 aliphatic heterocycles.